The van der Waals surface area contributed by atoms with E-state index in [-0.39, 0.29) is 11.7 Å². The summed E-state index contributed by atoms with van der Waals surface area (Å²) < 4.78 is 21.7. The van der Waals surface area contributed by atoms with E-state index in [1.807, 2.05) is 0 Å². The first-order valence-corrected chi connectivity index (χ1v) is 4.91. The second-order valence-corrected chi connectivity index (χ2v) is 4.85. The SMILES string of the molecule is CC(=O)S(=O)(=O)CC1CC1. The Morgan fingerprint density at radius 1 is 1.50 bits per heavy atom. The minimum atomic E-state index is -3.37. The van der Waals surface area contributed by atoms with Crippen LogP contribution in [-0.2, 0) is 14.6 Å². The summed E-state index contributed by atoms with van der Waals surface area (Å²) in [5, 5.41) is -0.695. The Morgan fingerprint density at radius 3 is 2.30 bits per heavy atom. The van der Waals surface area contributed by atoms with Gasteiger partial charge in [0.25, 0.3) is 0 Å². The van der Waals surface area contributed by atoms with Gasteiger partial charge < -0.3 is 0 Å². The molecule has 0 spiro atoms. The van der Waals surface area contributed by atoms with Crippen LogP contribution in [0.3, 0.4) is 0 Å². The molecule has 0 heterocycles. The van der Waals surface area contributed by atoms with Crippen LogP contribution in [0.15, 0.2) is 0 Å². The van der Waals surface area contributed by atoms with Gasteiger partial charge in [-0.25, -0.2) is 8.42 Å². The van der Waals surface area contributed by atoms with Crippen molar-refractivity contribution in [1.82, 2.24) is 0 Å². The minimum absolute atomic E-state index is 0.0718. The van der Waals surface area contributed by atoms with Crippen LogP contribution in [0.2, 0.25) is 0 Å². The molecule has 0 aromatic heterocycles. The van der Waals surface area contributed by atoms with Gasteiger partial charge in [0.15, 0.2) is 0 Å². The van der Waals surface area contributed by atoms with Crippen LogP contribution < -0.4 is 0 Å². The molecule has 0 amide bonds. The Kier molecular flexibility index (Phi) is 1.81. The van der Waals surface area contributed by atoms with Crippen molar-refractivity contribution >= 4 is 15.0 Å². The average Bonchev–Trinajstić information content (AvgIpc) is 2.48. The van der Waals surface area contributed by atoms with Gasteiger partial charge >= 0.3 is 0 Å². The number of hydrogen-bond acceptors (Lipinski definition) is 3. The molecular weight excluding hydrogens is 152 g/mol. The van der Waals surface area contributed by atoms with Gasteiger partial charge in [-0.3, -0.25) is 4.79 Å². The second-order valence-electron chi connectivity index (χ2n) is 2.72. The Morgan fingerprint density at radius 2 is 2.00 bits per heavy atom. The highest BCUT2D eigenvalue weighted by molar-refractivity contribution is 8.06. The van der Waals surface area contributed by atoms with E-state index in [4.69, 9.17) is 0 Å². The molecule has 1 rings (SSSR count). The normalized spacial score (nSPS) is 18.9. The summed E-state index contributed by atoms with van der Waals surface area (Å²) in [5.74, 6) is 0.344. The highest BCUT2D eigenvalue weighted by Crippen LogP contribution is 2.30. The summed E-state index contributed by atoms with van der Waals surface area (Å²) in [7, 11) is -3.37. The molecule has 1 aliphatic rings. The third kappa shape index (κ3) is 1.80. The van der Waals surface area contributed by atoms with Crippen LogP contribution in [0.1, 0.15) is 19.8 Å². The zero-order chi connectivity index (χ0) is 7.78. The van der Waals surface area contributed by atoms with Crippen molar-refractivity contribution in [2.45, 2.75) is 19.8 Å². The van der Waals surface area contributed by atoms with E-state index in [1.165, 1.54) is 0 Å². The minimum Gasteiger partial charge on any atom is -0.282 e. The standard InChI is InChI=1S/C6H10O3S/c1-5(7)10(8,9)4-6-2-3-6/h6H,2-4H2,1H3. The molecular formula is C6H10O3S. The Bertz CT molecular complexity index is 236. The van der Waals surface area contributed by atoms with Crippen molar-refractivity contribution in [2.24, 2.45) is 5.92 Å². The molecule has 0 atom stereocenters. The van der Waals surface area contributed by atoms with Crippen LogP contribution in [0, 0.1) is 5.92 Å². The van der Waals surface area contributed by atoms with E-state index < -0.39 is 15.0 Å². The van der Waals surface area contributed by atoms with Gasteiger partial charge in [0, 0.05) is 6.92 Å². The molecule has 0 radical (unpaired) electrons. The smallest absolute Gasteiger partial charge is 0.243 e. The third-order valence-electron chi connectivity index (χ3n) is 1.59. The lowest BCUT2D eigenvalue weighted by molar-refractivity contribution is -0.109. The molecule has 58 valence electrons. The molecule has 1 aliphatic carbocycles. The average molecular weight is 162 g/mol. The molecule has 4 heteroatoms. The Hall–Kier alpha value is -0.380. The first-order valence-electron chi connectivity index (χ1n) is 3.26. The zero-order valence-electron chi connectivity index (χ0n) is 5.83. The van der Waals surface area contributed by atoms with E-state index in [2.05, 4.69) is 0 Å². The van der Waals surface area contributed by atoms with Crippen molar-refractivity contribution in [3.63, 3.8) is 0 Å². The third-order valence-corrected chi connectivity index (χ3v) is 3.38. The fraction of sp³-hybridized carbons (Fsp3) is 0.833. The van der Waals surface area contributed by atoms with Crippen LogP contribution >= 0.6 is 0 Å². The van der Waals surface area contributed by atoms with E-state index in [9.17, 15) is 13.2 Å². The summed E-state index contributed by atoms with van der Waals surface area (Å²) in [4.78, 5) is 10.4. The molecule has 0 bridgehead atoms. The maximum absolute atomic E-state index is 10.8. The highest BCUT2D eigenvalue weighted by atomic mass is 32.2. The van der Waals surface area contributed by atoms with E-state index >= 15 is 0 Å². The van der Waals surface area contributed by atoms with Gasteiger partial charge in [-0.2, -0.15) is 0 Å². The first-order chi connectivity index (χ1) is 4.52. The zero-order valence-corrected chi connectivity index (χ0v) is 6.65. The number of rotatable bonds is 2. The van der Waals surface area contributed by atoms with Gasteiger partial charge in [0.05, 0.1) is 5.75 Å². The largest absolute Gasteiger partial charge is 0.282 e. The lowest BCUT2D eigenvalue weighted by atomic mass is 10.5. The summed E-state index contributed by atoms with van der Waals surface area (Å²) >= 11 is 0. The molecule has 10 heavy (non-hydrogen) atoms. The quantitative estimate of drug-likeness (QED) is 0.589. The van der Waals surface area contributed by atoms with Crippen molar-refractivity contribution in [1.29, 1.82) is 0 Å². The van der Waals surface area contributed by atoms with Crippen LogP contribution in [0.4, 0.5) is 0 Å². The van der Waals surface area contributed by atoms with Gasteiger partial charge in [-0.15, -0.1) is 0 Å². The number of hydrogen-bond donors (Lipinski definition) is 0. The van der Waals surface area contributed by atoms with E-state index in [0.29, 0.717) is 0 Å². The molecule has 0 unspecified atom stereocenters. The van der Waals surface area contributed by atoms with E-state index in [0.717, 1.165) is 19.8 Å². The predicted octanol–water partition coefficient (Wildman–Crippen LogP) is 0.358. The second kappa shape index (κ2) is 2.34. The van der Waals surface area contributed by atoms with Gasteiger partial charge in [0.2, 0.25) is 15.0 Å². The maximum Gasteiger partial charge on any atom is 0.243 e. The molecule has 3 nitrogen and oxygen atoms in total. The predicted molar refractivity (Wildman–Crippen MR) is 37.2 cm³/mol. The van der Waals surface area contributed by atoms with Crippen molar-refractivity contribution < 1.29 is 13.2 Å². The van der Waals surface area contributed by atoms with Gasteiger partial charge in [-0.05, 0) is 18.8 Å². The van der Waals surface area contributed by atoms with Gasteiger partial charge in [0.1, 0.15) is 0 Å². The van der Waals surface area contributed by atoms with Crippen molar-refractivity contribution in [3.8, 4) is 0 Å². The van der Waals surface area contributed by atoms with Crippen molar-refractivity contribution in [2.75, 3.05) is 5.75 Å². The molecule has 0 aliphatic heterocycles. The summed E-state index contributed by atoms with van der Waals surface area (Å²) in [6, 6.07) is 0. The fourth-order valence-corrected chi connectivity index (χ4v) is 1.90. The molecule has 0 N–H and O–H groups in total. The topological polar surface area (TPSA) is 51.2 Å². The molecule has 0 aromatic rings. The highest BCUT2D eigenvalue weighted by Gasteiger charge is 2.30. The Labute approximate surface area is 60.3 Å². The summed E-state index contributed by atoms with van der Waals surface area (Å²) in [6.07, 6.45) is 1.93. The molecule has 1 fully saturated rings. The molecule has 1 saturated carbocycles. The number of sulfone groups is 1. The van der Waals surface area contributed by atoms with Crippen molar-refractivity contribution in [3.05, 3.63) is 0 Å². The van der Waals surface area contributed by atoms with Crippen LogP contribution in [0.5, 0.6) is 0 Å². The summed E-state index contributed by atoms with van der Waals surface area (Å²) in [6.45, 7) is 1.11. The number of carbonyl (C=O) groups is 1. The lowest BCUT2D eigenvalue weighted by Gasteiger charge is -1.94. The van der Waals surface area contributed by atoms with Crippen LogP contribution in [-0.4, -0.2) is 19.3 Å². The van der Waals surface area contributed by atoms with Gasteiger partial charge in [-0.1, -0.05) is 0 Å². The molecule has 0 aromatic carbocycles. The molecule has 0 saturated heterocycles. The van der Waals surface area contributed by atoms with E-state index in [1.54, 1.807) is 0 Å². The monoisotopic (exact) mass is 162 g/mol. The summed E-state index contributed by atoms with van der Waals surface area (Å²) in [5.41, 5.74) is 0. The maximum atomic E-state index is 10.8. The lowest BCUT2D eigenvalue weighted by Crippen LogP contribution is -2.15. The first kappa shape index (κ1) is 7.72. The van der Waals surface area contributed by atoms with Crippen LogP contribution in [0.25, 0.3) is 0 Å². The Balaban J connectivity index is 2.58. The number of carbonyl (C=O) groups excluding carboxylic acids is 1. The fourth-order valence-electron chi connectivity index (χ4n) is 0.712.